The third-order valence-corrected chi connectivity index (χ3v) is 7.52. The Labute approximate surface area is 158 Å². The molecule has 2 saturated heterocycles. The number of likely N-dealkylation sites (tertiary alicyclic amines) is 1. The number of hydrogen-bond donors (Lipinski definition) is 0. The molecule has 1 aromatic carbocycles. The van der Waals surface area contributed by atoms with Gasteiger partial charge in [0.15, 0.2) is 0 Å². The summed E-state index contributed by atoms with van der Waals surface area (Å²) in [5, 5.41) is 0.713. The van der Waals surface area contributed by atoms with Crippen molar-refractivity contribution in [3.63, 3.8) is 0 Å². The molecule has 3 rings (SSSR count). The lowest BCUT2D eigenvalue weighted by molar-refractivity contribution is -0.135. The molecule has 5 nitrogen and oxygen atoms in total. The highest BCUT2D eigenvalue weighted by molar-refractivity contribution is 7.88. The Kier molecular flexibility index (Phi) is 5.93. The predicted octanol–water partition coefficient (Wildman–Crippen LogP) is 3.16. The number of sulfonamides is 1. The van der Waals surface area contributed by atoms with Crippen LogP contribution in [0.25, 0.3) is 0 Å². The van der Waals surface area contributed by atoms with Crippen LogP contribution in [0, 0.1) is 5.92 Å². The quantitative estimate of drug-likeness (QED) is 0.773. The molecule has 0 aromatic heterocycles. The van der Waals surface area contributed by atoms with E-state index in [0.29, 0.717) is 41.5 Å². The minimum Gasteiger partial charge on any atom is -0.342 e. The highest BCUT2D eigenvalue weighted by atomic mass is 35.5. The largest absolute Gasteiger partial charge is 0.342 e. The van der Waals surface area contributed by atoms with Crippen LogP contribution in [-0.4, -0.2) is 49.7 Å². The molecule has 2 aliphatic heterocycles. The Morgan fingerprint density at radius 3 is 2.16 bits per heavy atom. The number of hydrogen-bond acceptors (Lipinski definition) is 3. The summed E-state index contributed by atoms with van der Waals surface area (Å²) < 4.78 is 26.9. The van der Waals surface area contributed by atoms with Crippen LogP contribution in [-0.2, 0) is 20.6 Å². The molecule has 0 N–H and O–H groups in total. The fourth-order valence-electron chi connectivity index (χ4n) is 3.52. The van der Waals surface area contributed by atoms with E-state index < -0.39 is 10.0 Å². The minimum absolute atomic E-state index is 0.0616. The van der Waals surface area contributed by atoms with Gasteiger partial charge in [0.25, 0.3) is 0 Å². The first kappa shape index (κ1) is 19.0. The van der Waals surface area contributed by atoms with E-state index in [-0.39, 0.29) is 17.6 Å². The number of amides is 1. The lowest BCUT2D eigenvalue weighted by atomic mass is 9.97. The van der Waals surface area contributed by atoms with Crippen molar-refractivity contribution in [2.45, 2.75) is 31.4 Å². The number of nitrogens with zero attached hydrogens (tertiary/aromatic N) is 2. The van der Waals surface area contributed by atoms with Gasteiger partial charge in [-0.1, -0.05) is 29.3 Å². The van der Waals surface area contributed by atoms with Crippen LogP contribution in [0.2, 0.25) is 10.0 Å². The lowest BCUT2D eigenvalue weighted by Gasteiger charge is -2.32. The molecule has 2 heterocycles. The van der Waals surface area contributed by atoms with Gasteiger partial charge >= 0.3 is 0 Å². The standard InChI is InChI=1S/C17H22Cl2N2O3S/c18-15-4-3-5-16(19)14(15)12-25(23,24)21-10-6-13(7-11-21)17(22)20-8-1-2-9-20/h3-5,13H,1-2,6-12H2. The van der Waals surface area contributed by atoms with E-state index >= 15 is 0 Å². The van der Waals surface area contributed by atoms with Gasteiger partial charge in [-0.05, 0) is 37.8 Å². The number of carbonyl (C=O) groups is 1. The fourth-order valence-corrected chi connectivity index (χ4v) is 5.84. The average Bonchev–Trinajstić information content (AvgIpc) is 3.12. The fraction of sp³-hybridized carbons (Fsp3) is 0.588. The second kappa shape index (κ2) is 7.82. The molecular weight excluding hydrogens is 383 g/mol. The van der Waals surface area contributed by atoms with Gasteiger partial charge < -0.3 is 4.90 Å². The van der Waals surface area contributed by atoms with E-state index in [4.69, 9.17) is 23.2 Å². The maximum atomic E-state index is 12.7. The summed E-state index contributed by atoms with van der Waals surface area (Å²) in [5.41, 5.74) is 0.432. The van der Waals surface area contributed by atoms with E-state index in [1.165, 1.54) is 4.31 Å². The number of rotatable bonds is 4. The van der Waals surface area contributed by atoms with Gasteiger partial charge in [-0.2, -0.15) is 0 Å². The van der Waals surface area contributed by atoms with Crippen LogP contribution in [0.4, 0.5) is 0 Å². The van der Waals surface area contributed by atoms with Gasteiger partial charge in [0.2, 0.25) is 15.9 Å². The van der Waals surface area contributed by atoms with Crippen LogP contribution in [0.15, 0.2) is 18.2 Å². The first-order valence-corrected chi connectivity index (χ1v) is 10.9. The molecule has 0 atom stereocenters. The smallest absolute Gasteiger partial charge is 0.225 e. The summed E-state index contributed by atoms with van der Waals surface area (Å²) in [5.74, 6) is -0.0897. The molecule has 0 saturated carbocycles. The summed E-state index contributed by atoms with van der Waals surface area (Å²) in [6.07, 6.45) is 3.28. The van der Waals surface area contributed by atoms with Gasteiger partial charge in [-0.15, -0.1) is 0 Å². The summed E-state index contributed by atoms with van der Waals surface area (Å²) in [4.78, 5) is 14.4. The van der Waals surface area contributed by atoms with E-state index in [9.17, 15) is 13.2 Å². The maximum absolute atomic E-state index is 12.7. The van der Waals surface area contributed by atoms with Gasteiger partial charge in [-0.3, -0.25) is 4.79 Å². The van der Waals surface area contributed by atoms with Crippen molar-refractivity contribution in [1.29, 1.82) is 0 Å². The Morgan fingerprint density at radius 1 is 1.04 bits per heavy atom. The second-order valence-corrected chi connectivity index (χ2v) is 9.45. The molecule has 1 amide bonds. The van der Waals surface area contributed by atoms with Gasteiger partial charge in [-0.25, -0.2) is 12.7 Å². The summed E-state index contributed by atoms with van der Waals surface area (Å²) in [6, 6.07) is 4.97. The van der Waals surface area contributed by atoms with Crippen molar-refractivity contribution in [2.75, 3.05) is 26.2 Å². The SMILES string of the molecule is O=C(C1CCN(S(=O)(=O)Cc2c(Cl)cccc2Cl)CC1)N1CCCC1. The van der Waals surface area contributed by atoms with Crippen LogP contribution in [0.5, 0.6) is 0 Å². The highest BCUT2D eigenvalue weighted by Gasteiger charge is 2.34. The minimum atomic E-state index is -3.51. The van der Waals surface area contributed by atoms with Crippen molar-refractivity contribution < 1.29 is 13.2 Å². The van der Waals surface area contributed by atoms with Crippen molar-refractivity contribution >= 4 is 39.1 Å². The molecule has 25 heavy (non-hydrogen) atoms. The Balaban J connectivity index is 1.62. The Morgan fingerprint density at radius 2 is 1.60 bits per heavy atom. The zero-order valence-corrected chi connectivity index (χ0v) is 16.3. The molecule has 1 aromatic rings. The monoisotopic (exact) mass is 404 g/mol. The van der Waals surface area contributed by atoms with Crippen molar-refractivity contribution in [3.8, 4) is 0 Å². The zero-order chi connectivity index (χ0) is 18.0. The lowest BCUT2D eigenvalue weighted by Crippen LogP contribution is -2.44. The number of benzene rings is 1. The predicted molar refractivity (Wildman–Crippen MR) is 99.2 cm³/mol. The van der Waals surface area contributed by atoms with Gasteiger partial charge in [0, 0.05) is 47.7 Å². The molecule has 0 aliphatic carbocycles. The van der Waals surface area contributed by atoms with Crippen LogP contribution < -0.4 is 0 Å². The van der Waals surface area contributed by atoms with Crippen molar-refractivity contribution in [1.82, 2.24) is 9.21 Å². The summed E-state index contributed by atoms with van der Waals surface area (Å²) >= 11 is 12.2. The van der Waals surface area contributed by atoms with E-state index in [1.807, 2.05) is 4.90 Å². The van der Waals surface area contributed by atoms with Crippen LogP contribution in [0.3, 0.4) is 0 Å². The van der Waals surface area contributed by atoms with Crippen LogP contribution >= 0.6 is 23.2 Å². The molecule has 8 heteroatoms. The number of carbonyl (C=O) groups excluding carboxylic acids is 1. The molecule has 2 aliphatic rings. The normalized spacial score (nSPS) is 20.2. The topological polar surface area (TPSA) is 57.7 Å². The second-order valence-electron chi connectivity index (χ2n) is 6.66. The average molecular weight is 405 g/mol. The molecule has 138 valence electrons. The first-order valence-electron chi connectivity index (χ1n) is 8.58. The van der Waals surface area contributed by atoms with E-state index in [1.54, 1.807) is 18.2 Å². The molecule has 0 unspecified atom stereocenters. The Hall–Kier alpha value is -0.820. The number of piperidine rings is 1. The molecular formula is C17H22Cl2N2O3S. The van der Waals surface area contributed by atoms with Crippen LogP contribution in [0.1, 0.15) is 31.2 Å². The highest BCUT2D eigenvalue weighted by Crippen LogP contribution is 2.29. The van der Waals surface area contributed by atoms with E-state index in [0.717, 1.165) is 25.9 Å². The summed E-state index contributed by atoms with van der Waals surface area (Å²) in [6.45, 7) is 2.41. The maximum Gasteiger partial charge on any atom is 0.225 e. The van der Waals surface area contributed by atoms with Crippen molar-refractivity contribution in [2.24, 2.45) is 5.92 Å². The summed E-state index contributed by atoms with van der Waals surface area (Å²) in [7, 11) is -3.51. The Bertz CT molecular complexity index is 720. The molecule has 0 spiro atoms. The molecule has 0 bridgehead atoms. The third kappa shape index (κ3) is 4.30. The molecule has 0 radical (unpaired) electrons. The van der Waals surface area contributed by atoms with Gasteiger partial charge in [0.1, 0.15) is 0 Å². The first-order chi connectivity index (χ1) is 11.9. The van der Waals surface area contributed by atoms with Crippen molar-refractivity contribution in [3.05, 3.63) is 33.8 Å². The third-order valence-electron chi connectivity index (χ3n) is 5.00. The molecule has 2 fully saturated rings. The number of halogens is 2. The zero-order valence-electron chi connectivity index (χ0n) is 14.0. The van der Waals surface area contributed by atoms with Gasteiger partial charge in [0.05, 0.1) is 5.75 Å². The van der Waals surface area contributed by atoms with E-state index in [2.05, 4.69) is 0 Å².